The van der Waals surface area contributed by atoms with Crippen molar-refractivity contribution in [3.05, 3.63) is 59.2 Å². The molecule has 26 heavy (non-hydrogen) atoms. The highest BCUT2D eigenvalue weighted by Crippen LogP contribution is 2.20. The lowest BCUT2D eigenvalue weighted by Crippen LogP contribution is -2.20. The minimum Gasteiger partial charge on any atom is -0.326 e. The number of rotatable bonds is 5. The number of hydrogen-bond donors (Lipinski definition) is 2. The van der Waals surface area contributed by atoms with E-state index in [0.717, 1.165) is 5.56 Å². The molecule has 1 heterocycles. The molecule has 0 saturated heterocycles. The van der Waals surface area contributed by atoms with Gasteiger partial charge in [0.25, 0.3) is 11.8 Å². The maximum atomic E-state index is 12.3. The largest absolute Gasteiger partial charge is 0.326 e. The molecular formula is C18H16N2O5S. The van der Waals surface area contributed by atoms with Crippen LogP contribution in [0.5, 0.6) is 0 Å². The Balaban J connectivity index is 1.65. The molecule has 0 saturated carbocycles. The van der Waals surface area contributed by atoms with E-state index in [9.17, 15) is 22.8 Å². The number of carbonyl (C=O) groups excluding carboxylic acids is 3. The van der Waals surface area contributed by atoms with Crippen LogP contribution in [0, 0.1) is 6.92 Å². The molecule has 0 aliphatic carbocycles. The maximum Gasteiger partial charge on any atom is 0.259 e. The average molecular weight is 372 g/mol. The molecule has 0 fully saturated rings. The van der Waals surface area contributed by atoms with Crippen molar-refractivity contribution in [1.82, 2.24) is 5.32 Å². The fourth-order valence-corrected chi connectivity index (χ4v) is 3.80. The van der Waals surface area contributed by atoms with Crippen molar-refractivity contribution in [2.24, 2.45) is 0 Å². The van der Waals surface area contributed by atoms with Crippen LogP contribution in [0.15, 0.2) is 47.4 Å². The Hall–Kier alpha value is -3.00. The van der Waals surface area contributed by atoms with Crippen LogP contribution in [0.25, 0.3) is 0 Å². The Bertz CT molecular complexity index is 1010. The summed E-state index contributed by atoms with van der Waals surface area (Å²) < 4.78 is 24.5. The number of sulfone groups is 1. The van der Waals surface area contributed by atoms with Gasteiger partial charge in [-0.25, -0.2) is 8.42 Å². The van der Waals surface area contributed by atoms with Crippen molar-refractivity contribution >= 4 is 33.2 Å². The van der Waals surface area contributed by atoms with Gasteiger partial charge in [-0.3, -0.25) is 19.7 Å². The Morgan fingerprint density at radius 3 is 2.35 bits per heavy atom. The average Bonchev–Trinajstić information content (AvgIpc) is 2.87. The van der Waals surface area contributed by atoms with Crippen LogP contribution in [-0.2, 0) is 14.6 Å². The quantitative estimate of drug-likeness (QED) is 0.776. The first-order valence-corrected chi connectivity index (χ1v) is 9.50. The van der Waals surface area contributed by atoms with Gasteiger partial charge < -0.3 is 5.32 Å². The second kappa shape index (κ2) is 6.72. The van der Waals surface area contributed by atoms with Gasteiger partial charge in [0.1, 0.15) is 0 Å². The Morgan fingerprint density at radius 2 is 1.65 bits per heavy atom. The molecule has 0 bridgehead atoms. The number of aryl methyl sites for hydroxylation is 1. The summed E-state index contributed by atoms with van der Waals surface area (Å²) >= 11 is 0. The number of hydrogen-bond acceptors (Lipinski definition) is 5. The van der Waals surface area contributed by atoms with Gasteiger partial charge in [0.2, 0.25) is 5.91 Å². The van der Waals surface area contributed by atoms with Gasteiger partial charge in [0.05, 0.1) is 21.8 Å². The molecule has 0 spiro atoms. The van der Waals surface area contributed by atoms with Gasteiger partial charge in [-0.1, -0.05) is 17.7 Å². The molecule has 0 unspecified atom stereocenters. The van der Waals surface area contributed by atoms with Gasteiger partial charge in [-0.2, -0.15) is 0 Å². The van der Waals surface area contributed by atoms with E-state index in [-0.39, 0.29) is 28.2 Å². The number of amides is 3. The number of carbonyl (C=O) groups is 3. The van der Waals surface area contributed by atoms with Crippen molar-refractivity contribution in [1.29, 1.82) is 0 Å². The summed E-state index contributed by atoms with van der Waals surface area (Å²) in [5, 5.41) is 4.71. The molecule has 3 amide bonds. The molecule has 3 rings (SSSR count). The highest BCUT2D eigenvalue weighted by molar-refractivity contribution is 7.91. The molecule has 2 N–H and O–H groups in total. The third-order valence-electron chi connectivity index (χ3n) is 4.00. The minimum atomic E-state index is -3.56. The van der Waals surface area contributed by atoms with E-state index < -0.39 is 27.6 Å². The summed E-state index contributed by atoms with van der Waals surface area (Å²) in [6, 6.07) is 10.7. The smallest absolute Gasteiger partial charge is 0.259 e. The summed E-state index contributed by atoms with van der Waals surface area (Å²) in [5.74, 6) is -1.83. The molecule has 0 radical (unpaired) electrons. The first-order chi connectivity index (χ1) is 12.3. The van der Waals surface area contributed by atoms with Crippen LogP contribution in [0.2, 0.25) is 0 Å². The first kappa shape index (κ1) is 17.8. The van der Waals surface area contributed by atoms with Crippen molar-refractivity contribution in [3.8, 4) is 0 Å². The van der Waals surface area contributed by atoms with Crippen molar-refractivity contribution in [3.63, 3.8) is 0 Å². The lowest BCUT2D eigenvalue weighted by atomic mass is 10.1. The second-order valence-corrected chi connectivity index (χ2v) is 8.08. The lowest BCUT2D eigenvalue weighted by molar-refractivity contribution is -0.115. The summed E-state index contributed by atoms with van der Waals surface area (Å²) in [6.07, 6.45) is -0.224. The molecule has 0 aromatic heterocycles. The summed E-state index contributed by atoms with van der Waals surface area (Å²) in [6.45, 7) is 1.86. The number of nitrogens with one attached hydrogen (secondary N) is 2. The Kier molecular flexibility index (Phi) is 4.60. The lowest BCUT2D eigenvalue weighted by Gasteiger charge is -2.07. The molecular weight excluding hydrogens is 356 g/mol. The van der Waals surface area contributed by atoms with E-state index in [0.29, 0.717) is 5.69 Å². The van der Waals surface area contributed by atoms with Crippen LogP contribution in [0.4, 0.5) is 5.69 Å². The van der Waals surface area contributed by atoms with Gasteiger partial charge in [-0.05, 0) is 37.3 Å². The number of anilines is 1. The topological polar surface area (TPSA) is 109 Å². The van der Waals surface area contributed by atoms with E-state index in [1.807, 2.05) is 6.92 Å². The van der Waals surface area contributed by atoms with Crippen molar-refractivity contribution < 1.29 is 22.8 Å². The Morgan fingerprint density at radius 1 is 1.00 bits per heavy atom. The van der Waals surface area contributed by atoms with E-state index in [2.05, 4.69) is 10.6 Å². The second-order valence-electron chi connectivity index (χ2n) is 5.97. The molecule has 1 aliphatic rings. The molecule has 0 atom stereocenters. The summed E-state index contributed by atoms with van der Waals surface area (Å²) in [7, 11) is -3.56. The van der Waals surface area contributed by atoms with Crippen molar-refractivity contribution in [2.75, 3.05) is 11.1 Å². The highest BCUT2D eigenvalue weighted by atomic mass is 32.2. The summed E-state index contributed by atoms with van der Waals surface area (Å²) in [4.78, 5) is 35.3. The van der Waals surface area contributed by atoms with E-state index >= 15 is 0 Å². The van der Waals surface area contributed by atoms with Gasteiger partial charge >= 0.3 is 0 Å². The number of imide groups is 1. The SMILES string of the molecule is Cc1ccc(S(=O)(=O)CCC(=O)Nc2ccc3c(c2)C(=O)NC3=O)cc1. The van der Waals surface area contributed by atoms with Gasteiger partial charge in [-0.15, -0.1) is 0 Å². The van der Waals surface area contributed by atoms with Gasteiger partial charge in [0, 0.05) is 12.1 Å². The summed E-state index contributed by atoms with van der Waals surface area (Å²) in [5.41, 5.74) is 1.70. The standard InChI is InChI=1S/C18H16N2O5S/c1-11-2-5-13(6-3-11)26(24,25)9-8-16(21)19-12-4-7-14-15(10-12)18(23)20-17(14)22/h2-7,10H,8-9H2,1H3,(H,19,21)(H,20,22,23). The van der Waals surface area contributed by atoms with Crippen LogP contribution in [0.1, 0.15) is 32.7 Å². The fourth-order valence-electron chi connectivity index (χ4n) is 2.56. The normalized spacial score (nSPS) is 13.3. The highest BCUT2D eigenvalue weighted by Gasteiger charge is 2.26. The van der Waals surface area contributed by atoms with Crippen LogP contribution in [0.3, 0.4) is 0 Å². The molecule has 2 aromatic carbocycles. The van der Waals surface area contributed by atoms with E-state index in [4.69, 9.17) is 0 Å². The third kappa shape index (κ3) is 3.65. The molecule has 2 aromatic rings. The zero-order valence-electron chi connectivity index (χ0n) is 13.9. The van der Waals surface area contributed by atoms with Crippen LogP contribution >= 0.6 is 0 Å². The number of fused-ring (bicyclic) bond motifs is 1. The van der Waals surface area contributed by atoms with Crippen LogP contribution < -0.4 is 10.6 Å². The van der Waals surface area contributed by atoms with Crippen molar-refractivity contribution in [2.45, 2.75) is 18.2 Å². The molecule has 134 valence electrons. The third-order valence-corrected chi connectivity index (χ3v) is 5.73. The van der Waals surface area contributed by atoms with Crippen LogP contribution in [-0.4, -0.2) is 31.9 Å². The maximum absolute atomic E-state index is 12.3. The predicted molar refractivity (Wildman–Crippen MR) is 94.7 cm³/mol. The van der Waals surface area contributed by atoms with E-state index in [1.54, 1.807) is 12.1 Å². The molecule has 7 nitrogen and oxygen atoms in total. The Labute approximate surface area is 150 Å². The fraction of sp³-hybridized carbons (Fsp3) is 0.167. The predicted octanol–water partition coefficient (Wildman–Crippen LogP) is 1.68. The number of benzene rings is 2. The van der Waals surface area contributed by atoms with Gasteiger partial charge in [0.15, 0.2) is 9.84 Å². The first-order valence-electron chi connectivity index (χ1n) is 7.85. The monoisotopic (exact) mass is 372 g/mol. The minimum absolute atomic E-state index is 0.170. The zero-order chi connectivity index (χ0) is 18.9. The molecule has 8 heteroatoms. The van der Waals surface area contributed by atoms with E-state index in [1.165, 1.54) is 30.3 Å². The molecule has 1 aliphatic heterocycles. The zero-order valence-corrected chi connectivity index (χ0v) is 14.7.